The molecule has 0 bridgehead atoms. The van der Waals surface area contributed by atoms with Crippen molar-refractivity contribution in [3.05, 3.63) is 77.1 Å². The third-order valence-corrected chi connectivity index (χ3v) is 3.96. The van der Waals surface area contributed by atoms with Crippen molar-refractivity contribution in [1.82, 2.24) is 9.78 Å². The van der Waals surface area contributed by atoms with E-state index in [-0.39, 0.29) is 17.5 Å². The lowest BCUT2D eigenvalue weighted by Gasteiger charge is -2.05. The number of nitrogens with zero attached hydrogens (tertiary/aromatic N) is 2. The number of aromatic nitrogens is 2. The van der Waals surface area contributed by atoms with E-state index in [0.717, 1.165) is 11.1 Å². The van der Waals surface area contributed by atoms with Crippen LogP contribution in [0.25, 0.3) is 0 Å². The fourth-order valence-corrected chi connectivity index (χ4v) is 2.45. The molecule has 0 saturated heterocycles. The lowest BCUT2D eigenvalue weighted by Crippen LogP contribution is -2.15. The predicted molar refractivity (Wildman–Crippen MR) is 101 cm³/mol. The molecular formula is C20H20N4O2. The molecule has 3 aromatic rings. The smallest absolute Gasteiger partial charge is 0.276 e. The standard InChI is InChI=1S/C20H20N4O2/c1-13-4-8-15(9-5-13)21-19(25)17-12-18(24(3)23-17)20(26)22-16-10-6-14(2)7-11-16/h4-12H,1-3H3,(H,21,25)(H,22,26). The van der Waals surface area contributed by atoms with Crippen molar-refractivity contribution in [2.45, 2.75) is 13.8 Å². The zero-order valence-corrected chi connectivity index (χ0v) is 14.9. The first kappa shape index (κ1) is 17.4. The number of rotatable bonds is 4. The predicted octanol–water partition coefficient (Wildman–Crippen LogP) is 3.54. The second-order valence-electron chi connectivity index (χ2n) is 6.18. The summed E-state index contributed by atoms with van der Waals surface area (Å²) >= 11 is 0. The number of anilines is 2. The van der Waals surface area contributed by atoms with Gasteiger partial charge in [-0.1, -0.05) is 35.4 Å². The van der Waals surface area contributed by atoms with Crippen molar-refractivity contribution in [3.63, 3.8) is 0 Å². The maximum absolute atomic E-state index is 12.4. The minimum Gasteiger partial charge on any atom is -0.321 e. The summed E-state index contributed by atoms with van der Waals surface area (Å²) in [5.41, 5.74) is 4.07. The largest absolute Gasteiger partial charge is 0.321 e. The monoisotopic (exact) mass is 348 g/mol. The van der Waals surface area contributed by atoms with E-state index in [0.29, 0.717) is 17.1 Å². The number of amides is 2. The summed E-state index contributed by atoms with van der Waals surface area (Å²) in [7, 11) is 1.63. The summed E-state index contributed by atoms with van der Waals surface area (Å²) in [6.45, 7) is 3.95. The molecule has 2 aromatic carbocycles. The molecule has 26 heavy (non-hydrogen) atoms. The Kier molecular flexibility index (Phi) is 4.84. The average molecular weight is 348 g/mol. The fourth-order valence-electron chi connectivity index (χ4n) is 2.45. The van der Waals surface area contributed by atoms with Crippen molar-refractivity contribution in [2.75, 3.05) is 10.6 Å². The number of nitrogens with one attached hydrogen (secondary N) is 2. The second-order valence-corrected chi connectivity index (χ2v) is 6.18. The van der Waals surface area contributed by atoms with E-state index in [1.165, 1.54) is 10.7 Å². The summed E-state index contributed by atoms with van der Waals surface area (Å²) in [5.74, 6) is -0.683. The van der Waals surface area contributed by atoms with Crippen LogP contribution in [0.4, 0.5) is 11.4 Å². The highest BCUT2D eigenvalue weighted by Gasteiger charge is 2.18. The van der Waals surface area contributed by atoms with Crippen LogP contribution in [0.3, 0.4) is 0 Å². The highest BCUT2D eigenvalue weighted by Crippen LogP contribution is 2.13. The zero-order chi connectivity index (χ0) is 18.7. The van der Waals surface area contributed by atoms with Crippen molar-refractivity contribution < 1.29 is 9.59 Å². The van der Waals surface area contributed by atoms with Crippen molar-refractivity contribution in [1.29, 1.82) is 0 Å². The maximum Gasteiger partial charge on any atom is 0.276 e. The van der Waals surface area contributed by atoms with Gasteiger partial charge in [0.2, 0.25) is 0 Å². The van der Waals surface area contributed by atoms with E-state index in [4.69, 9.17) is 0 Å². The number of carbonyl (C=O) groups is 2. The fraction of sp³-hybridized carbons (Fsp3) is 0.150. The lowest BCUT2D eigenvalue weighted by atomic mass is 10.2. The Hall–Kier alpha value is -3.41. The van der Waals surface area contributed by atoms with Crippen molar-refractivity contribution in [2.24, 2.45) is 7.05 Å². The summed E-state index contributed by atoms with van der Waals surface area (Å²) in [6.07, 6.45) is 0. The van der Waals surface area contributed by atoms with Crippen LogP contribution in [0.1, 0.15) is 32.1 Å². The van der Waals surface area contributed by atoms with E-state index in [1.54, 1.807) is 7.05 Å². The lowest BCUT2D eigenvalue weighted by molar-refractivity contribution is 0.101. The number of carbonyl (C=O) groups excluding carboxylic acids is 2. The van der Waals surface area contributed by atoms with Gasteiger partial charge in [0, 0.05) is 24.5 Å². The van der Waals surface area contributed by atoms with Gasteiger partial charge in [0.05, 0.1) is 0 Å². The van der Waals surface area contributed by atoms with E-state index in [1.807, 2.05) is 62.4 Å². The molecule has 2 N–H and O–H groups in total. The molecule has 1 heterocycles. The molecule has 6 nitrogen and oxygen atoms in total. The summed E-state index contributed by atoms with van der Waals surface area (Å²) in [5, 5.41) is 9.72. The molecule has 132 valence electrons. The molecule has 6 heteroatoms. The highest BCUT2D eigenvalue weighted by molar-refractivity contribution is 6.07. The summed E-state index contributed by atoms with van der Waals surface area (Å²) in [4.78, 5) is 24.8. The van der Waals surface area contributed by atoms with Gasteiger partial charge in [-0.15, -0.1) is 0 Å². The Morgan fingerprint density at radius 2 is 1.27 bits per heavy atom. The third kappa shape index (κ3) is 3.97. The minimum atomic E-state index is -0.362. The number of benzene rings is 2. The molecule has 0 atom stereocenters. The van der Waals surface area contributed by atoms with E-state index < -0.39 is 0 Å². The first-order valence-electron chi connectivity index (χ1n) is 8.22. The van der Waals surface area contributed by atoms with Gasteiger partial charge in [-0.25, -0.2) is 0 Å². The number of aryl methyl sites for hydroxylation is 3. The van der Waals surface area contributed by atoms with Gasteiger partial charge in [-0.05, 0) is 38.1 Å². The highest BCUT2D eigenvalue weighted by atomic mass is 16.2. The zero-order valence-electron chi connectivity index (χ0n) is 14.9. The Balaban J connectivity index is 1.73. The molecule has 0 unspecified atom stereocenters. The summed E-state index contributed by atoms with van der Waals surface area (Å²) in [6, 6.07) is 16.4. The Morgan fingerprint density at radius 3 is 1.77 bits per heavy atom. The molecule has 1 aromatic heterocycles. The van der Waals surface area contributed by atoms with Gasteiger partial charge in [-0.3, -0.25) is 14.3 Å². The van der Waals surface area contributed by atoms with Crippen LogP contribution in [0, 0.1) is 13.8 Å². The number of hydrogen-bond donors (Lipinski definition) is 2. The first-order valence-corrected chi connectivity index (χ1v) is 8.22. The first-order chi connectivity index (χ1) is 12.4. The second kappa shape index (κ2) is 7.23. The normalized spacial score (nSPS) is 10.4. The van der Waals surface area contributed by atoms with Crippen molar-refractivity contribution in [3.8, 4) is 0 Å². The molecule has 0 aliphatic heterocycles. The molecule has 0 fully saturated rings. The summed E-state index contributed by atoms with van der Waals surface area (Å²) < 4.78 is 1.40. The van der Waals surface area contributed by atoms with Gasteiger partial charge < -0.3 is 10.6 Å². The maximum atomic E-state index is 12.4. The molecule has 0 saturated carbocycles. The minimum absolute atomic E-state index is 0.183. The van der Waals surface area contributed by atoms with Gasteiger partial charge in [0.1, 0.15) is 5.69 Å². The van der Waals surface area contributed by atoms with Crippen LogP contribution in [0.5, 0.6) is 0 Å². The van der Waals surface area contributed by atoms with E-state index >= 15 is 0 Å². The van der Waals surface area contributed by atoms with E-state index in [2.05, 4.69) is 15.7 Å². The van der Waals surface area contributed by atoms with Crippen LogP contribution >= 0.6 is 0 Å². The molecule has 0 radical (unpaired) electrons. The third-order valence-electron chi connectivity index (χ3n) is 3.96. The van der Waals surface area contributed by atoms with Crippen LogP contribution in [-0.4, -0.2) is 21.6 Å². The SMILES string of the molecule is Cc1ccc(NC(=O)c2cc(C(=O)Nc3ccc(C)cc3)n(C)n2)cc1. The van der Waals surface area contributed by atoms with Gasteiger partial charge in [-0.2, -0.15) is 5.10 Å². The Labute approximate surface area is 151 Å². The average Bonchev–Trinajstić information content (AvgIpc) is 3.01. The topological polar surface area (TPSA) is 76.0 Å². The van der Waals surface area contributed by atoms with E-state index in [9.17, 15) is 9.59 Å². The van der Waals surface area contributed by atoms with Gasteiger partial charge >= 0.3 is 0 Å². The molecule has 2 amide bonds. The molecule has 0 spiro atoms. The molecule has 0 aliphatic carbocycles. The van der Waals surface area contributed by atoms with Gasteiger partial charge in [0.15, 0.2) is 5.69 Å². The molecule has 0 aliphatic rings. The quantitative estimate of drug-likeness (QED) is 0.757. The van der Waals surface area contributed by atoms with Gasteiger partial charge in [0.25, 0.3) is 11.8 Å². The van der Waals surface area contributed by atoms with Crippen LogP contribution in [-0.2, 0) is 7.05 Å². The Bertz CT molecular complexity index is 941. The number of hydrogen-bond acceptors (Lipinski definition) is 3. The Morgan fingerprint density at radius 1 is 0.808 bits per heavy atom. The van der Waals surface area contributed by atoms with Crippen LogP contribution in [0.2, 0.25) is 0 Å². The molecule has 3 rings (SSSR count). The molecular weight excluding hydrogens is 328 g/mol. The van der Waals surface area contributed by atoms with Crippen LogP contribution in [0.15, 0.2) is 54.6 Å². The van der Waals surface area contributed by atoms with Crippen molar-refractivity contribution >= 4 is 23.2 Å². The van der Waals surface area contributed by atoms with Crippen LogP contribution < -0.4 is 10.6 Å².